The number of rotatable bonds is 0. The smallest absolute Gasteiger partial charge is 0.0843 e. The largest absolute Gasteiger partial charge is 1.00 e. The second-order valence-electron chi connectivity index (χ2n) is 3.59. The Morgan fingerprint density at radius 2 is 0.833 bits per heavy atom. The van der Waals surface area contributed by atoms with E-state index >= 15 is 0 Å². The Hall–Kier alpha value is 0.500. The molecule has 0 aromatic carbocycles. The zero-order valence-corrected chi connectivity index (χ0v) is 9.08. The van der Waals surface area contributed by atoms with Gasteiger partial charge in [-0.1, -0.05) is 0 Å². The van der Waals surface area contributed by atoms with Crippen molar-refractivity contribution in [1.82, 2.24) is 0 Å². The van der Waals surface area contributed by atoms with E-state index < -0.39 is 0 Å². The van der Waals surface area contributed by atoms with Gasteiger partial charge in [0.1, 0.15) is 0 Å². The molecule has 2 nitrogen and oxygen atoms in total. The van der Waals surface area contributed by atoms with E-state index in [1.165, 1.54) is 38.5 Å². The lowest BCUT2D eigenvalue weighted by Crippen LogP contribution is -3.00. The van der Waals surface area contributed by atoms with Crippen LogP contribution < -0.4 is 36.3 Å². The first-order valence-electron chi connectivity index (χ1n) is 4.45. The van der Waals surface area contributed by atoms with Gasteiger partial charge in [-0.3, -0.25) is 0 Å². The Bertz CT molecular complexity index is 81.1. The van der Waals surface area contributed by atoms with Gasteiger partial charge in [-0.2, -0.15) is 0 Å². The molecule has 0 aromatic rings. The van der Waals surface area contributed by atoms with Gasteiger partial charge in [-0.15, -0.1) is 0 Å². The van der Waals surface area contributed by atoms with Crippen LogP contribution in [-0.2, 0) is 0 Å². The molecule has 4 heteroatoms. The lowest BCUT2D eigenvalue weighted by Gasteiger charge is -2.15. The fourth-order valence-corrected chi connectivity index (χ4v) is 0.986. The highest BCUT2D eigenvalue weighted by Gasteiger charge is 2.14. The van der Waals surface area contributed by atoms with E-state index in [4.69, 9.17) is 0 Å². The number of quaternary nitrogens is 2. The van der Waals surface area contributed by atoms with Crippen molar-refractivity contribution in [2.75, 3.05) is 0 Å². The van der Waals surface area contributed by atoms with Crippen LogP contribution in [0.4, 0.5) is 0 Å². The van der Waals surface area contributed by atoms with Crippen LogP contribution in [0.3, 0.4) is 0 Å². The molecule has 2 saturated carbocycles. The molecule has 2 aliphatic rings. The van der Waals surface area contributed by atoms with Crippen LogP contribution in [0.2, 0.25) is 0 Å². The molecule has 0 bridgehead atoms. The molecule has 76 valence electrons. The summed E-state index contributed by atoms with van der Waals surface area (Å²) in [6, 6.07) is 1.63. The van der Waals surface area contributed by atoms with E-state index in [1.807, 2.05) is 0 Å². The molecule has 0 saturated heterocycles. The highest BCUT2D eigenvalue weighted by atomic mass is 35.5. The Morgan fingerprint density at radius 3 is 0.833 bits per heavy atom. The van der Waals surface area contributed by atoms with Crippen LogP contribution in [0.1, 0.15) is 38.5 Å². The molecule has 6 N–H and O–H groups in total. The lowest BCUT2D eigenvalue weighted by atomic mass is 9.95. The van der Waals surface area contributed by atoms with Gasteiger partial charge in [0.15, 0.2) is 0 Å². The van der Waals surface area contributed by atoms with Gasteiger partial charge in [-0.05, 0) is 38.5 Å². The van der Waals surface area contributed by atoms with Crippen LogP contribution >= 0.6 is 0 Å². The maximum Gasteiger partial charge on any atom is 0.0843 e. The molecule has 0 radical (unpaired) electrons. The van der Waals surface area contributed by atoms with Crippen molar-refractivity contribution in [1.29, 1.82) is 0 Å². The standard InChI is InChI=1S/2C4H9N.2ClH/c2*5-4-2-1-3-4;;/h2*4H,1-3,5H2;2*1H. The highest BCUT2D eigenvalue weighted by molar-refractivity contribution is 4.64. The minimum absolute atomic E-state index is 0. The van der Waals surface area contributed by atoms with E-state index in [-0.39, 0.29) is 24.8 Å². The third kappa shape index (κ3) is 6.06. The molecule has 2 rings (SSSR count). The van der Waals surface area contributed by atoms with E-state index in [1.54, 1.807) is 0 Å². The van der Waals surface area contributed by atoms with Crippen molar-refractivity contribution in [3.05, 3.63) is 0 Å². The van der Waals surface area contributed by atoms with Crippen LogP contribution in [0.15, 0.2) is 0 Å². The van der Waals surface area contributed by atoms with Gasteiger partial charge in [0, 0.05) is 0 Å². The molecular formula is C8H20Cl2N2. The normalized spacial score (nSPS) is 21.5. The maximum absolute atomic E-state index is 3.84. The molecule has 0 aromatic heterocycles. The molecule has 0 amide bonds. The van der Waals surface area contributed by atoms with E-state index in [9.17, 15) is 0 Å². The fourth-order valence-electron chi connectivity index (χ4n) is 0.986. The predicted octanol–water partition coefficient (Wildman–Crippen LogP) is -6.43. The molecular weight excluding hydrogens is 195 g/mol. The maximum atomic E-state index is 3.84. The first kappa shape index (κ1) is 15.0. The molecule has 0 aliphatic heterocycles. The Balaban J connectivity index is 0. The van der Waals surface area contributed by atoms with Gasteiger partial charge in [0.05, 0.1) is 12.1 Å². The zero-order chi connectivity index (χ0) is 7.40. The third-order valence-electron chi connectivity index (χ3n) is 2.45. The Morgan fingerprint density at radius 1 is 0.667 bits per heavy atom. The molecule has 2 aliphatic carbocycles. The Kier molecular flexibility index (Phi) is 10.1. The van der Waals surface area contributed by atoms with Crippen LogP contribution in [0, 0.1) is 0 Å². The summed E-state index contributed by atoms with van der Waals surface area (Å²) in [7, 11) is 0. The summed E-state index contributed by atoms with van der Waals surface area (Å²) >= 11 is 0. The topological polar surface area (TPSA) is 55.3 Å². The minimum Gasteiger partial charge on any atom is -1.00 e. The van der Waals surface area contributed by atoms with Crippen molar-refractivity contribution >= 4 is 0 Å². The zero-order valence-electron chi connectivity index (χ0n) is 7.57. The van der Waals surface area contributed by atoms with Gasteiger partial charge < -0.3 is 36.3 Å². The SMILES string of the molecule is [Cl-].[Cl-].[NH3+]C1CCC1.[NH3+]C1CCC1. The number of hydrogen-bond donors (Lipinski definition) is 2. The molecule has 0 unspecified atom stereocenters. The second kappa shape index (κ2) is 8.11. The average Bonchev–Trinajstić information content (AvgIpc) is 1.80. The predicted molar refractivity (Wildman–Crippen MR) is 41.1 cm³/mol. The molecule has 0 atom stereocenters. The quantitative estimate of drug-likeness (QED) is 0.404. The van der Waals surface area contributed by atoms with Gasteiger partial charge in [-0.25, -0.2) is 0 Å². The third-order valence-corrected chi connectivity index (χ3v) is 2.45. The number of halogens is 2. The fraction of sp³-hybridized carbons (Fsp3) is 1.00. The summed E-state index contributed by atoms with van der Waals surface area (Å²) in [5.41, 5.74) is 7.69. The van der Waals surface area contributed by atoms with E-state index in [2.05, 4.69) is 11.5 Å². The van der Waals surface area contributed by atoms with Crippen LogP contribution in [-0.4, -0.2) is 12.1 Å². The van der Waals surface area contributed by atoms with Crippen molar-refractivity contribution in [3.8, 4) is 0 Å². The Labute approximate surface area is 87.3 Å². The lowest BCUT2D eigenvalue weighted by molar-refractivity contribution is -0.438. The summed E-state index contributed by atoms with van der Waals surface area (Å²) in [5.74, 6) is 0. The van der Waals surface area contributed by atoms with Crippen LogP contribution in [0.5, 0.6) is 0 Å². The second-order valence-corrected chi connectivity index (χ2v) is 3.59. The number of hydrogen-bond acceptors (Lipinski definition) is 0. The van der Waals surface area contributed by atoms with E-state index in [0.717, 1.165) is 12.1 Å². The summed E-state index contributed by atoms with van der Waals surface area (Å²) in [6.45, 7) is 0. The van der Waals surface area contributed by atoms with Crippen LogP contribution in [0.25, 0.3) is 0 Å². The van der Waals surface area contributed by atoms with Crippen molar-refractivity contribution in [3.63, 3.8) is 0 Å². The summed E-state index contributed by atoms with van der Waals surface area (Å²) in [4.78, 5) is 0. The summed E-state index contributed by atoms with van der Waals surface area (Å²) in [6.07, 6.45) is 8.35. The van der Waals surface area contributed by atoms with Gasteiger partial charge in [0.25, 0.3) is 0 Å². The van der Waals surface area contributed by atoms with Gasteiger partial charge >= 0.3 is 0 Å². The first-order chi connectivity index (χ1) is 4.79. The summed E-state index contributed by atoms with van der Waals surface area (Å²) < 4.78 is 0. The highest BCUT2D eigenvalue weighted by Crippen LogP contribution is 2.12. The van der Waals surface area contributed by atoms with Gasteiger partial charge in [0.2, 0.25) is 0 Å². The van der Waals surface area contributed by atoms with Crippen molar-refractivity contribution < 1.29 is 36.3 Å². The van der Waals surface area contributed by atoms with Crippen molar-refractivity contribution in [2.45, 2.75) is 50.6 Å². The molecule has 12 heavy (non-hydrogen) atoms. The molecule has 0 heterocycles. The summed E-state index contributed by atoms with van der Waals surface area (Å²) in [5, 5.41) is 0. The van der Waals surface area contributed by atoms with Crippen molar-refractivity contribution in [2.24, 2.45) is 0 Å². The molecule has 2 fully saturated rings. The van der Waals surface area contributed by atoms with E-state index in [0.29, 0.717) is 0 Å². The average molecular weight is 215 g/mol. The molecule has 0 spiro atoms. The first-order valence-corrected chi connectivity index (χ1v) is 4.45. The minimum atomic E-state index is 0. The monoisotopic (exact) mass is 214 g/mol.